The van der Waals surface area contributed by atoms with Gasteiger partial charge in [-0.1, -0.05) is 45.4 Å². The number of hydrogen-bond donors (Lipinski definition) is 2. The van der Waals surface area contributed by atoms with Crippen LogP contribution in [0, 0.1) is 17.8 Å². The first-order valence-electron chi connectivity index (χ1n) is 7.61. The molecule has 4 nitrogen and oxygen atoms in total. The maximum atomic E-state index is 12.1. The second-order valence-electron chi connectivity index (χ2n) is 5.76. The van der Waals surface area contributed by atoms with Crippen LogP contribution in [0.2, 0.25) is 0 Å². The Kier molecular flexibility index (Phi) is 6.89. The number of rotatable bonds is 8. The highest BCUT2D eigenvalue weighted by molar-refractivity contribution is 5.86. The Morgan fingerprint density at radius 3 is 2.37 bits per heavy atom. The number of nitrogens with two attached hydrogens (primary N) is 1. The van der Waals surface area contributed by atoms with Gasteiger partial charge in [0.25, 0.3) is 0 Å². The summed E-state index contributed by atoms with van der Waals surface area (Å²) in [5.41, 5.74) is 5.53. The van der Waals surface area contributed by atoms with E-state index in [9.17, 15) is 9.59 Å². The van der Waals surface area contributed by atoms with Crippen molar-refractivity contribution < 1.29 is 9.59 Å². The molecule has 19 heavy (non-hydrogen) atoms. The Labute approximate surface area is 116 Å². The van der Waals surface area contributed by atoms with Gasteiger partial charge in [-0.3, -0.25) is 9.59 Å². The Morgan fingerprint density at radius 2 is 1.89 bits per heavy atom. The van der Waals surface area contributed by atoms with Gasteiger partial charge in [-0.2, -0.15) is 0 Å². The first-order chi connectivity index (χ1) is 9.10. The average molecular weight is 268 g/mol. The fourth-order valence-electron chi connectivity index (χ4n) is 3.21. The van der Waals surface area contributed by atoms with Crippen molar-refractivity contribution >= 4 is 11.8 Å². The van der Waals surface area contributed by atoms with Crippen LogP contribution >= 0.6 is 0 Å². The van der Waals surface area contributed by atoms with Crippen LogP contribution in [0.5, 0.6) is 0 Å². The van der Waals surface area contributed by atoms with Crippen LogP contribution in [0.4, 0.5) is 0 Å². The summed E-state index contributed by atoms with van der Waals surface area (Å²) in [6.07, 6.45) is 8.40. The lowest BCUT2D eigenvalue weighted by molar-refractivity contribution is -0.134. The summed E-state index contributed by atoms with van der Waals surface area (Å²) in [6, 6.07) is 0. The van der Waals surface area contributed by atoms with Gasteiger partial charge in [-0.15, -0.1) is 0 Å². The van der Waals surface area contributed by atoms with Gasteiger partial charge in [-0.25, -0.2) is 0 Å². The molecular formula is C15H28N2O2. The minimum Gasteiger partial charge on any atom is -0.369 e. The summed E-state index contributed by atoms with van der Waals surface area (Å²) in [5, 5.41) is 2.70. The molecule has 0 spiro atoms. The van der Waals surface area contributed by atoms with Gasteiger partial charge in [-0.05, 0) is 18.8 Å². The number of carbonyl (C=O) groups excluding carboxylic acids is 2. The molecule has 0 aromatic carbocycles. The second kappa shape index (κ2) is 8.18. The molecule has 1 aliphatic rings. The van der Waals surface area contributed by atoms with E-state index >= 15 is 0 Å². The molecule has 2 amide bonds. The van der Waals surface area contributed by atoms with Crippen LogP contribution in [0.25, 0.3) is 0 Å². The van der Waals surface area contributed by atoms with Gasteiger partial charge in [0.05, 0.1) is 0 Å². The first-order valence-corrected chi connectivity index (χ1v) is 7.61. The topological polar surface area (TPSA) is 72.2 Å². The number of nitrogens with one attached hydrogen (secondary N) is 1. The fourth-order valence-corrected chi connectivity index (χ4v) is 3.21. The van der Waals surface area contributed by atoms with Gasteiger partial charge in [0, 0.05) is 18.9 Å². The van der Waals surface area contributed by atoms with E-state index in [2.05, 4.69) is 12.2 Å². The molecule has 3 N–H and O–H groups in total. The van der Waals surface area contributed by atoms with Gasteiger partial charge < -0.3 is 11.1 Å². The fraction of sp³-hybridized carbons (Fsp3) is 0.867. The number of hydrogen-bond acceptors (Lipinski definition) is 2. The third kappa shape index (κ3) is 4.84. The Hall–Kier alpha value is -1.06. The summed E-state index contributed by atoms with van der Waals surface area (Å²) in [7, 11) is 1.64. The SMILES string of the molecule is CCCC[C@H](C(N)=O)C(CC1CCCC1)C(=O)NC. The van der Waals surface area contributed by atoms with Gasteiger partial charge >= 0.3 is 0 Å². The number of amides is 2. The van der Waals surface area contributed by atoms with Crippen molar-refractivity contribution in [2.45, 2.75) is 58.3 Å². The molecule has 0 aromatic heterocycles. The van der Waals surface area contributed by atoms with E-state index in [1.165, 1.54) is 25.7 Å². The highest BCUT2D eigenvalue weighted by atomic mass is 16.2. The molecule has 0 saturated heterocycles. The van der Waals surface area contributed by atoms with Crippen molar-refractivity contribution in [1.29, 1.82) is 0 Å². The minimum absolute atomic E-state index is 0.0215. The largest absolute Gasteiger partial charge is 0.369 e. The van der Waals surface area contributed by atoms with Crippen molar-refractivity contribution in [2.75, 3.05) is 7.05 Å². The molecular weight excluding hydrogens is 240 g/mol. The van der Waals surface area contributed by atoms with Crippen LogP contribution in [0.1, 0.15) is 58.3 Å². The van der Waals surface area contributed by atoms with E-state index < -0.39 is 0 Å². The maximum Gasteiger partial charge on any atom is 0.223 e. The van der Waals surface area contributed by atoms with E-state index in [4.69, 9.17) is 5.73 Å². The standard InChI is InChI=1S/C15H28N2O2/c1-3-4-9-12(14(16)18)13(15(19)17-2)10-11-7-5-6-8-11/h11-13H,3-10H2,1-2H3,(H2,16,18)(H,17,19)/t12-,13?/m0/s1. The smallest absolute Gasteiger partial charge is 0.223 e. The summed E-state index contributed by atoms with van der Waals surface area (Å²) >= 11 is 0. The highest BCUT2D eigenvalue weighted by Gasteiger charge is 2.34. The monoisotopic (exact) mass is 268 g/mol. The van der Waals surface area contributed by atoms with Crippen molar-refractivity contribution in [3.8, 4) is 0 Å². The van der Waals surface area contributed by atoms with Crippen LogP contribution in [-0.2, 0) is 9.59 Å². The summed E-state index contributed by atoms with van der Waals surface area (Å²) in [5.74, 6) is -0.296. The summed E-state index contributed by atoms with van der Waals surface area (Å²) in [6.45, 7) is 2.09. The molecule has 1 saturated carbocycles. The molecule has 2 atom stereocenters. The molecule has 0 aromatic rings. The predicted molar refractivity (Wildman–Crippen MR) is 76.3 cm³/mol. The Morgan fingerprint density at radius 1 is 1.26 bits per heavy atom. The number of unbranched alkanes of at least 4 members (excludes halogenated alkanes) is 1. The zero-order valence-corrected chi connectivity index (χ0v) is 12.3. The van der Waals surface area contributed by atoms with E-state index in [1.54, 1.807) is 7.05 Å². The van der Waals surface area contributed by atoms with E-state index in [-0.39, 0.29) is 23.7 Å². The zero-order chi connectivity index (χ0) is 14.3. The second-order valence-corrected chi connectivity index (χ2v) is 5.76. The van der Waals surface area contributed by atoms with Crippen molar-refractivity contribution in [1.82, 2.24) is 5.32 Å². The molecule has 1 fully saturated rings. The Balaban J connectivity index is 2.72. The quantitative estimate of drug-likeness (QED) is 0.708. The van der Waals surface area contributed by atoms with E-state index in [0.717, 1.165) is 25.7 Å². The van der Waals surface area contributed by atoms with Gasteiger partial charge in [0.1, 0.15) is 0 Å². The molecule has 0 heterocycles. The van der Waals surface area contributed by atoms with Crippen molar-refractivity contribution in [3.63, 3.8) is 0 Å². The van der Waals surface area contributed by atoms with Crippen molar-refractivity contribution in [3.05, 3.63) is 0 Å². The first kappa shape index (κ1) is 16.0. The normalized spacial score (nSPS) is 19.1. The number of primary amides is 1. The lowest BCUT2D eigenvalue weighted by atomic mass is 9.80. The molecule has 1 rings (SSSR count). The zero-order valence-electron chi connectivity index (χ0n) is 12.3. The minimum atomic E-state index is -0.319. The Bertz CT molecular complexity index is 299. The van der Waals surface area contributed by atoms with Crippen LogP contribution in [0.15, 0.2) is 0 Å². The van der Waals surface area contributed by atoms with Crippen molar-refractivity contribution in [2.24, 2.45) is 23.5 Å². The van der Waals surface area contributed by atoms with Gasteiger partial charge in [0.15, 0.2) is 0 Å². The van der Waals surface area contributed by atoms with E-state index in [0.29, 0.717) is 5.92 Å². The number of carbonyl (C=O) groups is 2. The third-order valence-electron chi connectivity index (χ3n) is 4.37. The molecule has 0 radical (unpaired) electrons. The highest BCUT2D eigenvalue weighted by Crippen LogP contribution is 2.34. The third-order valence-corrected chi connectivity index (χ3v) is 4.37. The maximum absolute atomic E-state index is 12.1. The van der Waals surface area contributed by atoms with E-state index in [1.807, 2.05) is 0 Å². The summed E-state index contributed by atoms with van der Waals surface area (Å²) < 4.78 is 0. The predicted octanol–water partition coefficient (Wildman–Crippen LogP) is 2.22. The molecule has 0 aliphatic heterocycles. The van der Waals surface area contributed by atoms with Crippen LogP contribution in [-0.4, -0.2) is 18.9 Å². The van der Waals surface area contributed by atoms with Crippen LogP contribution < -0.4 is 11.1 Å². The molecule has 1 unspecified atom stereocenters. The van der Waals surface area contributed by atoms with Crippen LogP contribution in [0.3, 0.4) is 0 Å². The average Bonchev–Trinajstić information content (AvgIpc) is 2.89. The summed E-state index contributed by atoms with van der Waals surface area (Å²) in [4.78, 5) is 23.8. The lowest BCUT2D eigenvalue weighted by Crippen LogP contribution is -2.40. The molecule has 1 aliphatic carbocycles. The molecule has 0 bridgehead atoms. The molecule has 4 heteroatoms. The van der Waals surface area contributed by atoms with Gasteiger partial charge in [0.2, 0.25) is 11.8 Å². The lowest BCUT2D eigenvalue weighted by Gasteiger charge is -2.25. The molecule has 110 valence electrons.